The molecule has 1 aromatic carbocycles. The molecule has 1 rings (SSSR count). The zero-order valence-electron chi connectivity index (χ0n) is 6.11. The van der Waals surface area contributed by atoms with Crippen LogP contribution in [-0.2, 0) is 0 Å². The molecule has 0 bridgehead atoms. The molecule has 64 valence electrons. The van der Waals surface area contributed by atoms with Crippen LogP contribution in [-0.4, -0.2) is 7.11 Å². The Hall–Kier alpha value is 0.0300. The van der Waals surface area contributed by atoms with Crippen molar-refractivity contribution in [2.45, 2.75) is 0 Å². The molecule has 0 radical (unpaired) electrons. The Bertz CT molecular complexity index is 188. The minimum absolute atomic E-state index is 0. The largest absolute Gasteiger partial charge is 0.497 e. The number of halogens is 2. The summed E-state index contributed by atoms with van der Waals surface area (Å²) in [4.78, 5) is 0. The maximum atomic E-state index is 4.96. The lowest BCUT2D eigenvalue weighted by molar-refractivity contribution is 0.415. The van der Waals surface area contributed by atoms with Gasteiger partial charge in [0.1, 0.15) is 5.75 Å². The molecule has 0 aliphatic carbocycles. The second-order valence-electron chi connectivity index (χ2n) is 1.77. The first-order valence-electron chi connectivity index (χ1n) is 2.72. The first-order chi connectivity index (χ1) is 4.33. The van der Waals surface area contributed by atoms with Crippen LogP contribution in [0.4, 0.5) is 0 Å². The molecular formula is C7H11Cl2OP. The summed E-state index contributed by atoms with van der Waals surface area (Å²) in [5, 5.41) is 1.18. The van der Waals surface area contributed by atoms with Gasteiger partial charge in [-0.25, -0.2) is 0 Å². The van der Waals surface area contributed by atoms with E-state index in [1.54, 1.807) is 7.11 Å². The molecular weight excluding hydrogens is 202 g/mol. The van der Waals surface area contributed by atoms with E-state index in [1.807, 2.05) is 24.3 Å². The number of hydrogen-bond acceptors (Lipinski definition) is 1. The van der Waals surface area contributed by atoms with Gasteiger partial charge in [-0.3, -0.25) is 0 Å². The average Bonchev–Trinajstić information content (AvgIpc) is 1.90. The molecule has 11 heavy (non-hydrogen) atoms. The van der Waals surface area contributed by atoms with E-state index in [1.165, 1.54) is 5.30 Å². The van der Waals surface area contributed by atoms with Gasteiger partial charge < -0.3 is 4.74 Å². The third kappa shape index (κ3) is 4.47. The lowest BCUT2D eigenvalue weighted by atomic mass is 10.3. The number of methoxy groups -OCH3 is 1. The van der Waals surface area contributed by atoms with Gasteiger partial charge in [-0.15, -0.1) is 34.1 Å². The molecule has 1 nitrogen and oxygen atoms in total. The summed E-state index contributed by atoms with van der Waals surface area (Å²) >= 11 is 0. The van der Waals surface area contributed by atoms with Crippen molar-refractivity contribution in [2.75, 3.05) is 7.11 Å². The Morgan fingerprint density at radius 2 is 1.55 bits per heavy atom. The van der Waals surface area contributed by atoms with Crippen molar-refractivity contribution >= 4 is 39.4 Å². The molecule has 0 saturated carbocycles. The van der Waals surface area contributed by atoms with E-state index in [-0.39, 0.29) is 24.8 Å². The predicted molar refractivity (Wildman–Crippen MR) is 56.8 cm³/mol. The van der Waals surface area contributed by atoms with E-state index >= 15 is 0 Å². The number of ether oxygens (including phenoxy) is 1. The van der Waals surface area contributed by atoms with Gasteiger partial charge in [0.15, 0.2) is 0 Å². The fraction of sp³-hybridized carbons (Fsp3) is 0.143. The minimum atomic E-state index is 0. The molecule has 1 aromatic rings. The van der Waals surface area contributed by atoms with Crippen molar-refractivity contribution in [2.24, 2.45) is 0 Å². The highest BCUT2D eigenvalue weighted by Crippen LogP contribution is 2.06. The van der Waals surface area contributed by atoms with Gasteiger partial charge in [-0.2, -0.15) is 0 Å². The predicted octanol–water partition coefficient (Wildman–Crippen LogP) is 2.04. The molecule has 0 amide bonds. The van der Waals surface area contributed by atoms with E-state index in [2.05, 4.69) is 9.24 Å². The maximum Gasteiger partial charge on any atom is 0.118 e. The van der Waals surface area contributed by atoms with Crippen LogP contribution in [0.1, 0.15) is 0 Å². The van der Waals surface area contributed by atoms with E-state index in [4.69, 9.17) is 4.74 Å². The monoisotopic (exact) mass is 212 g/mol. The average molecular weight is 213 g/mol. The fourth-order valence-corrected chi connectivity index (χ4v) is 0.796. The summed E-state index contributed by atoms with van der Waals surface area (Å²) in [6.07, 6.45) is 0. The van der Waals surface area contributed by atoms with Gasteiger partial charge in [0, 0.05) is 0 Å². The number of benzene rings is 1. The van der Waals surface area contributed by atoms with Gasteiger partial charge in [-0.05, 0) is 17.4 Å². The molecule has 0 heterocycles. The number of rotatable bonds is 1. The molecule has 0 aromatic heterocycles. The van der Waals surface area contributed by atoms with Crippen LogP contribution in [0.25, 0.3) is 0 Å². The third-order valence-corrected chi connectivity index (χ3v) is 1.50. The van der Waals surface area contributed by atoms with Gasteiger partial charge in [0.25, 0.3) is 0 Å². The molecule has 0 spiro atoms. The van der Waals surface area contributed by atoms with E-state index in [9.17, 15) is 0 Å². The Morgan fingerprint density at radius 3 is 1.91 bits per heavy atom. The van der Waals surface area contributed by atoms with Crippen molar-refractivity contribution in [3.63, 3.8) is 0 Å². The zero-order valence-corrected chi connectivity index (χ0v) is 8.90. The summed E-state index contributed by atoms with van der Waals surface area (Å²) in [7, 11) is 4.28. The normalized spacial score (nSPS) is 7.45. The highest BCUT2D eigenvalue weighted by Gasteiger charge is 1.85. The second-order valence-corrected chi connectivity index (χ2v) is 2.44. The van der Waals surface area contributed by atoms with Gasteiger partial charge >= 0.3 is 0 Å². The zero-order chi connectivity index (χ0) is 6.69. The van der Waals surface area contributed by atoms with Crippen molar-refractivity contribution in [1.29, 1.82) is 0 Å². The first kappa shape index (κ1) is 13.6. The maximum absolute atomic E-state index is 4.96. The number of hydrogen-bond donors (Lipinski definition) is 0. The van der Waals surface area contributed by atoms with Crippen LogP contribution in [0.2, 0.25) is 0 Å². The molecule has 0 N–H and O–H groups in total. The summed E-state index contributed by atoms with van der Waals surface area (Å²) in [5.74, 6) is 0.904. The summed E-state index contributed by atoms with van der Waals surface area (Å²) in [5.41, 5.74) is 0. The highest BCUT2D eigenvalue weighted by atomic mass is 35.5. The van der Waals surface area contributed by atoms with Crippen molar-refractivity contribution in [3.05, 3.63) is 24.3 Å². The van der Waals surface area contributed by atoms with Gasteiger partial charge in [0.05, 0.1) is 7.11 Å². The van der Waals surface area contributed by atoms with Crippen molar-refractivity contribution < 1.29 is 4.74 Å². The lowest BCUT2D eigenvalue weighted by Gasteiger charge is -1.96. The Labute approximate surface area is 81.5 Å². The molecule has 4 heteroatoms. The van der Waals surface area contributed by atoms with Crippen LogP contribution in [0.5, 0.6) is 5.75 Å². The summed E-state index contributed by atoms with van der Waals surface area (Å²) < 4.78 is 4.96. The summed E-state index contributed by atoms with van der Waals surface area (Å²) in [6, 6.07) is 7.84. The minimum Gasteiger partial charge on any atom is -0.497 e. The van der Waals surface area contributed by atoms with Gasteiger partial charge in [-0.1, -0.05) is 12.1 Å². The fourth-order valence-electron chi connectivity index (χ4n) is 0.604. The topological polar surface area (TPSA) is 9.23 Å². The molecule has 0 saturated heterocycles. The first-order valence-corrected chi connectivity index (χ1v) is 3.30. The molecule has 0 fully saturated rings. The van der Waals surface area contributed by atoms with Gasteiger partial charge in [0.2, 0.25) is 0 Å². The molecule has 1 atom stereocenters. The van der Waals surface area contributed by atoms with E-state index < -0.39 is 0 Å². The molecule has 0 aliphatic rings. The van der Waals surface area contributed by atoms with Crippen LogP contribution < -0.4 is 10.0 Å². The SMILES string of the molecule is COc1ccc(P)cc1.Cl.Cl. The van der Waals surface area contributed by atoms with E-state index in [0.29, 0.717) is 0 Å². The highest BCUT2D eigenvalue weighted by molar-refractivity contribution is 7.27. The molecule has 1 unspecified atom stereocenters. The molecule has 0 aliphatic heterocycles. The van der Waals surface area contributed by atoms with Crippen molar-refractivity contribution in [3.8, 4) is 5.75 Å². The van der Waals surface area contributed by atoms with Crippen LogP contribution in [0.3, 0.4) is 0 Å². The van der Waals surface area contributed by atoms with E-state index in [0.717, 1.165) is 5.75 Å². The smallest absolute Gasteiger partial charge is 0.118 e. The van der Waals surface area contributed by atoms with Crippen LogP contribution in [0, 0.1) is 0 Å². The second kappa shape index (κ2) is 6.72. The Balaban J connectivity index is 0. The quantitative estimate of drug-likeness (QED) is 0.648. The van der Waals surface area contributed by atoms with Crippen LogP contribution in [0.15, 0.2) is 24.3 Å². The van der Waals surface area contributed by atoms with Crippen molar-refractivity contribution in [1.82, 2.24) is 0 Å². The lowest BCUT2D eigenvalue weighted by Crippen LogP contribution is -1.88. The summed E-state index contributed by atoms with van der Waals surface area (Å²) in [6.45, 7) is 0. The van der Waals surface area contributed by atoms with Crippen LogP contribution >= 0.6 is 34.1 Å². The Morgan fingerprint density at radius 1 is 1.09 bits per heavy atom. The Kier molecular flexibility index (Phi) is 8.32. The standard InChI is InChI=1S/C7H9OP.2ClH/c1-8-6-2-4-7(9)5-3-6;;/h2-5H,9H2,1H3;2*1H. The third-order valence-electron chi connectivity index (χ3n) is 1.12.